The number of amides is 3. The standard InChI is InChI=1S/C18H30N2O4/c1-7-9-12(19-17(23)18(3,4)5)16(22)20-13(10-8-2)14(24-6)11-15(20)21/h11-13H,7-10H2,1-6H3,(H,19,23)/t12-,13+/m1/s1. The van der Waals surface area contributed by atoms with Gasteiger partial charge in [0.05, 0.1) is 13.2 Å². The predicted molar refractivity (Wildman–Crippen MR) is 91.9 cm³/mol. The molecule has 2 atom stereocenters. The number of carbonyl (C=O) groups is 3. The third-order valence-electron chi connectivity index (χ3n) is 4.04. The lowest BCUT2D eigenvalue weighted by Crippen LogP contribution is -2.53. The van der Waals surface area contributed by atoms with E-state index in [9.17, 15) is 14.4 Å². The fourth-order valence-electron chi connectivity index (χ4n) is 2.66. The summed E-state index contributed by atoms with van der Waals surface area (Å²) in [6.45, 7) is 9.31. The summed E-state index contributed by atoms with van der Waals surface area (Å²) in [6, 6.07) is -1.08. The molecule has 0 bridgehead atoms. The van der Waals surface area contributed by atoms with Gasteiger partial charge in [0.2, 0.25) is 5.91 Å². The molecule has 0 aliphatic carbocycles. The Labute approximate surface area is 144 Å². The van der Waals surface area contributed by atoms with E-state index < -0.39 is 11.5 Å². The molecule has 0 spiro atoms. The Morgan fingerprint density at radius 1 is 1.29 bits per heavy atom. The van der Waals surface area contributed by atoms with Gasteiger partial charge in [0.15, 0.2) is 0 Å². The Balaban J connectivity index is 3.01. The van der Waals surface area contributed by atoms with Crippen molar-refractivity contribution in [3.63, 3.8) is 0 Å². The van der Waals surface area contributed by atoms with Crippen molar-refractivity contribution in [1.82, 2.24) is 10.2 Å². The van der Waals surface area contributed by atoms with Crippen LogP contribution in [0.1, 0.15) is 60.3 Å². The van der Waals surface area contributed by atoms with Gasteiger partial charge in [-0.15, -0.1) is 0 Å². The van der Waals surface area contributed by atoms with Crippen LogP contribution in [0.25, 0.3) is 0 Å². The SMILES string of the molecule is CCC[C@@H](NC(=O)C(C)(C)C)C(=O)N1C(=O)C=C(OC)[C@@H]1CCC. The highest BCUT2D eigenvalue weighted by atomic mass is 16.5. The van der Waals surface area contributed by atoms with Gasteiger partial charge >= 0.3 is 0 Å². The molecular formula is C18H30N2O4. The zero-order chi connectivity index (χ0) is 18.5. The smallest absolute Gasteiger partial charge is 0.257 e. The van der Waals surface area contributed by atoms with Gasteiger partial charge in [-0.1, -0.05) is 47.5 Å². The summed E-state index contributed by atoms with van der Waals surface area (Å²) in [5.41, 5.74) is -0.597. The third-order valence-corrected chi connectivity index (χ3v) is 4.04. The monoisotopic (exact) mass is 338 g/mol. The first-order valence-electron chi connectivity index (χ1n) is 8.60. The second-order valence-corrected chi connectivity index (χ2v) is 7.17. The molecule has 0 saturated carbocycles. The van der Waals surface area contributed by atoms with Gasteiger partial charge in [0, 0.05) is 11.5 Å². The van der Waals surface area contributed by atoms with Gasteiger partial charge in [-0.3, -0.25) is 19.3 Å². The average molecular weight is 338 g/mol. The molecule has 1 aliphatic heterocycles. The van der Waals surface area contributed by atoms with Crippen LogP contribution in [0, 0.1) is 5.41 Å². The minimum atomic E-state index is -0.699. The van der Waals surface area contributed by atoms with Gasteiger partial charge < -0.3 is 10.1 Å². The number of rotatable bonds is 7. The maximum Gasteiger partial charge on any atom is 0.257 e. The molecule has 0 fully saturated rings. The topological polar surface area (TPSA) is 75.7 Å². The highest BCUT2D eigenvalue weighted by molar-refractivity contribution is 6.06. The molecule has 6 heteroatoms. The lowest BCUT2D eigenvalue weighted by molar-refractivity contribution is -0.147. The highest BCUT2D eigenvalue weighted by Crippen LogP contribution is 2.26. The molecule has 0 saturated heterocycles. The summed E-state index contributed by atoms with van der Waals surface area (Å²) in [6.07, 6.45) is 4.04. The predicted octanol–water partition coefficient (Wildman–Crippen LogP) is 2.39. The van der Waals surface area contributed by atoms with Crippen LogP contribution in [0.15, 0.2) is 11.8 Å². The zero-order valence-electron chi connectivity index (χ0n) is 15.6. The van der Waals surface area contributed by atoms with E-state index >= 15 is 0 Å². The Bertz CT molecular complexity index is 520. The molecule has 1 rings (SSSR count). The summed E-state index contributed by atoms with van der Waals surface area (Å²) in [5.74, 6) is -0.428. The molecule has 0 aromatic carbocycles. The van der Waals surface area contributed by atoms with Crippen molar-refractivity contribution in [2.75, 3.05) is 7.11 Å². The van der Waals surface area contributed by atoms with Crippen molar-refractivity contribution in [2.24, 2.45) is 5.41 Å². The molecule has 136 valence electrons. The van der Waals surface area contributed by atoms with Gasteiger partial charge in [0.1, 0.15) is 11.8 Å². The van der Waals surface area contributed by atoms with Crippen LogP contribution in [-0.2, 0) is 19.1 Å². The van der Waals surface area contributed by atoms with Crippen LogP contribution in [0.5, 0.6) is 0 Å². The number of hydrogen-bond donors (Lipinski definition) is 1. The molecule has 3 amide bonds. The number of carbonyl (C=O) groups excluding carboxylic acids is 3. The van der Waals surface area contributed by atoms with Crippen LogP contribution < -0.4 is 5.32 Å². The molecular weight excluding hydrogens is 308 g/mol. The van der Waals surface area contributed by atoms with E-state index in [4.69, 9.17) is 4.74 Å². The first-order valence-corrected chi connectivity index (χ1v) is 8.60. The Hall–Kier alpha value is -1.85. The highest BCUT2D eigenvalue weighted by Gasteiger charge is 2.41. The normalized spacial score (nSPS) is 19.1. The van der Waals surface area contributed by atoms with Crippen LogP contribution >= 0.6 is 0 Å². The molecule has 0 aromatic heterocycles. The van der Waals surface area contributed by atoms with E-state index in [1.165, 1.54) is 18.1 Å². The lowest BCUT2D eigenvalue weighted by Gasteiger charge is -2.30. The van der Waals surface area contributed by atoms with Crippen molar-refractivity contribution in [1.29, 1.82) is 0 Å². The number of nitrogens with zero attached hydrogens (tertiary/aromatic N) is 1. The van der Waals surface area contributed by atoms with Gasteiger partial charge in [-0.25, -0.2) is 0 Å². The molecule has 1 heterocycles. The van der Waals surface area contributed by atoms with E-state index in [2.05, 4.69) is 5.32 Å². The molecule has 0 radical (unpaired) electrons. The van der Waals surface area contributed by atoms with Crippen molar-refractivity contribution < 1.29 is 19.1 Å². The maximum absolute atomic E-state index is 13.0. The van der Waals surface area contributed by atoms with E-state index in [1.807, 2.05) is 13.8 Å². The summed E-state index contributed by atoms with van der Waals surface area (Å²) in [4.78, 5) is 38.8. The Morgan fingerprint density at radius 3 is 2.38 bits per heavy atom. The number of ether oxygens (including phenoxy) is 1. The van der Waals surface area contributed by atoms with Gasteiger partial charge in [-0.2, -0.15) is 0 Å². The van der Waals surface area contributed by atoms with E-state index in [1.54, 1.807) is 20.8 Å². The van der Waals surface area contributed by atoms with Crippen molar-refractivity contribution >= 4 is 17.7 Å². The minimum Gasteiger partial charge on any atom is -0.499 e. The van der Waals surface area contributed by atoms with E-state index in [0.29, 0.717) is 18.6 Å². The average Bonchev–Trinajstić information content (AvgIpc) is 2.81. The molecule has 1 aliphatic rings. The summed E-state index contributed by atoms with van der Waals surface area (Å²) in [7, 11) is 1.50. The van der Waals surface area contributed by atoms with E-state index in [0.717, 1.165) is 12.8 Å². The quantitative estimate of drug-likeness (QED) is 0.773. The van der Waals surface area contributed by atoms with Crippen LogP contribution in [-0.4, -0.2) is 41.8 Å². The molecule has 0 unspecified atom stereocenters. The molecule has 0 aromatic rings. The lowest BCUT2D eigenvalue weighted by atomic mass is 9.94. The van der Waals surface area contributed by atoms with Crippen LogP contribution in [0.2, 0.25) is 0 Å². The van der Waals surface area contributed by atoms with Gasteiger partial charge in [0.25, 0.3) is 11.8 Å². The van der Waals surface area contributed by atoms with Crippen LogP contribution in [0.4, 0.5) is 0 Å². The van der Waals surface area contributed by atoms with E-state index in [-0.39, 0.29) is 23.8 Å². The van der Waals surface area contributed by atoms with Crippen molar-refractivity contribution in [3.05, 3.63) is 11.8 Å². The summed E-state index contributed by atoms with van der Waals surface area (Å²) in [5, 5.41) is 2.80. The van der Waals surface area contributed by atoms with Gasteiger partial charge in [-0.05, 0) is 12.8 Å². The second kappa shape index (κ2) is 8.31. The number of nitrogens with one attached hydrogen (secondary N) is 1. The van der Waals surface area contributed by atoms with Crippen molar-refractivity contribution in [3.8, 4) is 0 Å². The molecule has 24 heavy (non-hydrogen) atoms. The largest absolute Gasteiger partial charge is 0.499 e. The molecule has 1 N–H and O–H groups in total. The fraction of sp³-hybridized carbons (Fsp3) is 0.722. The zero-order valence-corrected chi connectivity index (χ0v) is 15.6. The Morgan fingerprint density at radius 2 is 1.92 bits per heavy atom. The summed E-state index contributed by atoms with van der Waals surface area (Å²) < 4.78 is 5.26. The van der Waals surface area contributed by atoms with Crippen LogP contribution in [0.3, 0.4) is 0 Å². The maximum atomic E-state index is 13.0. The third kappa shape index (κ3) is 4.58. The first-order chi connectivity index (χ1) is 11.2. The molecule has 6 nitrogen and oxygen atoms in total. The second-order valence-electron chi connectivity index (χ2n) is 7.17. The number of imide groups is 1. The summed E-state index contributed by atoms with van der Waals surface area (Å²) >= 11 is 0. The van der Waals surface area contributed by atoms with Crippen molar-refractivity contribution in [2.45, 2.75) is 72.4 Å². The Kier molecular flexibility index (Phi) is 6.99. The number of methoxy groups -OCH3 is 1. The number of hydrogen-bond acceptors (Lipinski definition) is 4. The fourth-order valence-corrected chi connectivity index (χ4v) is 2.66. The minimum absolute atomic E-state index is 0.201. The first kappa shape index (κ1) is 20.2.